The minimum atomic E-state index is -0.761. The molecule has 1 unspecified atom stereocenters. The zero-order valence-electron chi connectivity index (χ0n) is 6.33. The lowest BCUT2D eigenvalue weighted by atomic mass is 10.1. The van der Waals surface area contributed by atoms with Crippen LogP contribution in [0.4, 0.5) is 0 Å². The summed E-state index contributed by atoms with van der Waals surface area (Å²) in [5, 5.41) is 9.43. The standard InChI is InChI=1S/C8H8ClNO2/c9-5-3-7-6(8(11)12)1-2-10(7)4-5/h3-4,6H,1-2H2,(H,11,12). The first-order valence-corrected chi connectivity index (χ1v) is 4.14. The van der Waals surface area contributed by atoms with Crippen molar-refractivity contribution >= 4 is 17.6 Å². The quantitative estimate of drug-likeness (QED) is 0.724. The molecule has 0 amide bonds. The van der Waals surface area contributed by atoms with Gasteiger partial charge in [0, 0.05) is 18.4 Å². The fraction of sp³-hybridized carbons (Fsp3) is 0.375. The molecule has 0 radical (unpaired) electrons. The maximum atomic E-state index is 10.7. The molecule has 0 aliphatic carbocycles. The van der Waals surface area contributed by atoms with Crippen LogP contribution in [0.5, 0.6) is 0 Å². The van der Waals surface area contributed by atoms with Crippen LogP contribution in [-0.4, -0.2) is 15.6 Å². The Morgan fingerprint density at radius 2 is 2.50 bits per heavy atom. The number of fused-ring (bicyclic) bond motifs is 1. The highest BCUT2D eigenvalue weighted by atomic mass is 35.5. The van der Waals surface area contributed by atoms with Gasteiger partial charge in [-0.15, -0.1) is 0 Å². The molecule has 0 aromatic carbocycles. The van der Waals surface area contributed by atoms with E-state index in [4.69, 9.17) is 16.7 Å². The van der Waals surface area contributed by atoms with E-state index in [1.165, 1.54) is 0 Å². The number of carboxylic acids is 1. The third kappa shape index (κ3) is 1.01. The van der Waals surface area contributed by atoms with Gasteiger partial charge in [0.15, 0.2) is 0 Å². The Hall–Kier alpha value is -0.960. The Morgan fingerprint density at radius 3 is 3.17 bits per heavy atom. The van der Waals surface area contributed by atoms with E-state index in [1.54, 1.807) is 12.3 Å². The number of halogens is 1. The number of rotatable bonds is 1. The van der Waals surface area contributed by atoms with Crippen molar-refractivity contribution in [3.8, 4) is 0 Å². The number of nitrogens with zero attached hydrogens (tertiary/aromatic N) is 1. The predicted octanol–water partition coefficient (Wildman–Crippen LogP) is 1.71. The van der Waals surface area contributed by atoms with Crippen molar-refractivity contribution in [1.82, 2.24) is 4.57 Å². The number of aryl methyl sites for hydroxylation is 1. The zero-order chi connectivity index (χ0) is 8.72. The molecule has 1 atom stereocenters. The van der Waals surface area contributed by atoms with Crippen LogP contribution < -0.4 is 0 Å². The molecule has 2 rings (SSSR count). The van der Waals surface area contributed by atoms with Gasteiger partial charge >= 0.3 is 5.97 Å². The maximum absolute atomic E-state index is 10.7. The van der Waals surface area contributed by atoms with Crippen molar-refractivity contribution in [3.63, 3.8) is 0 Å². The largest absolute Gasteiger partial charge is 0.481 e. The Balaban J connectivity index is 2.41. The van der Waals surface area contributed by atoms with Crippen LogP contribution in [-0.2, 0) is 11.3 Å². The van der Waals surface area contributed by atoms with E-state index in [1.807, 2.05) is 4.57 Å². The molecule has 4 heteroatoms. The number of carboxylic acid groups (broad SMARTS) is 1. The number of hydrogen-bond donors (Lipinski definition) is 1. The average Bonchev–Trinajstić information content (AvgIpc) is 2.43. The van der Waals surface area contributed by atoms with Crippen LogP contribution in [0.3, 0.4) is 0 Å². The van der Waals surface area contributed by atoms with Gasteiger partial charge in [0.1, 0.15) is 0 Å². The molecular weight excluding hydrogens is 178 g/mol. The van der Waals surface area contributed by atoms with Crippen LogP contribution in [0.2, 0.25) is 5.02 Å². The molecular formula is C8H8ClNO2. The second-order valence-corrected chi connectivity index (χ2v) is 3.39. The summed E-state index contributed by atoms with van der Waals surface area (Å²) in [6.07, 6.45) is 2.46. The van der Waals surface area contributed by atoms with Gasteiger partial charge < -0.3 is 9.67 Å². The molecule has 1 aromatic heterocycles. The van der Waals surface area contributed by atoms with Gasteiger partial charge in [-0.25, -0.2) is 0 Å². The SMILES string of the molecule is O=C(O)C1CCn2cc(Cl)cc21. The first-order valence-electron chi connectivity index (χ1n) is 3.77. The van der Waals surface area contributed by atoms with Crippen molar-refractivity contribution in [2.75, 3.05) is 0 Å². The fourth-order valence-electron chi connectivity index (χ4n) is 1.65. The fourth-order valence-corrected chi connectivity index (χ4v) is 1.87. The minimum absolute atomic E-state index is 0.363. The summed E-state index contributed by atoms with van der Waals surface area (Å²) in [7, 11) is 0. The second-order valence-electron chi connectivity index (χ2n) is 2.96. The van der Waals surface area contributed by atoms with Crippen molar-refractivity contribution < 1.29 is 9.90 Å². The van der Waals surface area contributed by atoms with Crippen molar-refractivity contribution in [1.29, 1.82) is 0 Å². The lowest BCUT2D eigenvalue weighted by Crippen LogP contribution is -2.07. The Labute approximate surface area is 74.6 Å². The summed E-state index contributed by atoms with van der Waals surface area (Å²) >= 11 is 5.73. The van der Waals surface area contributed by atoms with Crippen LogP contribution >= 0.6 is 11.6 Å². The molecule has 0 saturated carbocycles. The zero-order valence-corrected chi connectivity index (χ0v) is 7.08. The molecule has 64 valence electrons. The molecule has 3 nitrogen and oxygen atoms in total. The summed E-state index contributed by atoms with van der Waals surface area (Å²) in [4.78, 5) is 10.7. The molecule has 1 N–H and O–H groups in total. The number of hydrogen-bond acceptors (Lipinski definition) is 1. The second kappa shape index (κ2) is 2.52. The third-order valence-electron chi connectivity index (χ3n) is 2.21. The Morgan fingerprint density at radius 1 is 1.75 bits per heavy atom. The summed E-state index contributed by atoms with van der Waals surface area (Å²) < 4.78 is 1.90. The summed E-state index contributed by atoms with van der Waals surface area (Å²) in [5.41, 5.74) is 0.826. The topological polar surface area (TPSA) is 42.2 Å². The van der Waals surface area contributed by atoms with E-state index < -0.39 is 5.97 Å². The smallest absolute Gasteiger partial charge is 0.312 e. The Bertz CT molecular complexity index is 332. The number of aliphatic carboxylic acids is 1. The molecule has 12 heavy (non-hydrogen) atoms. The Kier molecular flexibility index (Phi) is 1.61. The van der Waals surface area contributed by atoms with Crippen LogP contribution in [0.25, 0.3) is 0 Å². The van der Waals surface area contributed by atoms with E-state index in [2.05, 4.69) is 0 Å². The lowest BCUT2D eigenvalue weighted by Gasteiger charge is -2.00. The van der Waals surface area contributed by atoms with E-state index >= 15 is 0 Å². The van der Waals surface area contributed by atoms with E-state index in [9.17, 15) is 4.79 Å². The molecule has 2 heterocycles. The first kappa shape index (κ1) is 7.68. The molecule has 1 aromatic rings. The van der Waals surface area contributed by atoms with E-state index in [0.29, 0.717) is 11.4 Å². The van der Waals surface area contributed by atoms with Gasteiger partial charge in [0.05, 0.1) is 10.9 Å². The number of aromatic nitrogens is 1. The van der Waals surface area contributed by atoms with Crippen molar-refractivity contribution in [2.45, 2.75) is 18.9 Å². The van der Waals surface area contributed by atoms with Crippen molar-refractivity contribution in [2.24, 2.45) is 0 Å². The molecule has 1 aliphatic rings. The normalized spacial score (nSPS) is 20.9. The van der Waals surface area contributed by atoms with Gasteiger partial charge in [-0.2, -0.15) is 0 Å². The predicted molar refractivity (Wildman–Crippen MR) is 44.4 cm³/mol. The van der Waals surface area contributed by atoms with Gasteiger partial charge in [-0.05, 0) is 12.5 Å². The molecule has 0 saturated heterocycles. The number of carbonyl (C=O) groups is 1. The molecule has 1 aliphatic heterocycles. The van der Waals surface area contributed by atoms with Gasteiger partial charge in [-0.3, -0.25) is 4.79 Å². The first-order chi connectivity index (χ1) is 5.68. The average molecular weight is 186 g/mol. The third-order valence-corrected chi connectivity index (χ3v) is 2.42. The van der Waals surface area contributed by atoms with Crippen LogP contribution in [0.1, 0.15) is 18.0 Å². The van der Waals surface area contributed by atoms with E-state index in [0.717, 1.165) is 12.2 Å². The van der Waals surface area contributed by atoms with Gasteiger partial charge in [0.25, 0.3) is 0 Å². The highest BCUT2D eigenvalue weighted by molar-refractivity contribution is 6.30. The highest BCUT2D eigenvalue weighted by Gasteiger charge is 2.28. The molecule has 0 spiro atoms. The maximum Gasteiger partial charge on any atom is 0.312 e. The van der Waals surface area contributed by atoms with E-state index in [-0.39, 0.29) is 5.92 Å². The molecule has 0 fully saturated rings. The van der Waals surface area contributed by atoms with Crippen LogP contribution in [0, 0.1) is 0 Å². The molecule has 0 bridgehead atoms. The summed E-state index contributed by atoms with van der Waals surface area (Å²) in [5.74, 6) is -1.12. The van der Waals surface area contributed by atoms with Gasteiger partial charge in [-0.1, -0.05) is 11.6 Å². The van der Waals surface area contributed by atoms with Crippen molar-refractivity contribution in [3.05, 3.63) is 23.0 Å². The van der Waals surface area contributed by atoms with Gasteiger partial charge in [0.2, 0.25) is 0 Å². The lowest BCUT2D eigenvalue weighted by molar-refractivity contribution is -0.138. The highest BCUT2D eigenvalue weighted by Crippen LogP contribution is 2.31. The monoisotopic (exact) mass is 185 g/mol. The van der Waals surface area contributed by atoms with Crippen LogP contribution in [0.15, 0.2) is 12.3 Å². The summed E-state index contributed by atoms with van der Waals surface area (Å²) in [6, 6.07) is 1.73. The summed E-state index contributed by atoms with van der Waals surface area (Å²) in [6.45, 7) is 0.763. The minimum Gasteiger partial charge on any atom is -0.481 e.